The Balaban J connectivity index is 1.96. The average molecular weight is 281 g/mol. The Morgan fingerprint density at radius 1 is 1.16 bits per heavy atom. The lowest BCUT2D eigenvalue weighted by Crippen LogP contribution is -2.25. The molecule has 108 valence electrons. The summed E-state index contributed by atoms with van der Waals surface area (Å²) in [5.74, 6) is 1.52. The van der Waals surface area contributed by atoms with Crippen LogP contribution in [0.4, 0.5) is 0 Å². The first kappa shape index (κ1) is 14.9. The lowest BCUT2D eigenvalue weighted by Gasteiger charge is -2.36. The minimum absolute atomic E-state index is 0.317. The van der Waals surface area contributed by atoms with E-state index >= 15 is 0 Å². The van der Waals surface area contributed by atoms with E-state index in [1.807, 2.05) is 7.05 Å². The van der Waals surface area contributed by atoms with Gasteiger partial charge in [-0.15, -0.1) is 10.2 Å². The monoisotopic (exact) mass is 281 g/mol. The van der Waals surface area contributed by atoms with Gasteiger partial charge in [0.05, 0.1) is 6.04 Å². The summed E-state index contributed by atoms with van der Waals surface area (Å²) in [6, 6.07) is 0.317. The van der Waals surface area contributed by atoms with Crippen molar-refractivity contribution < 1.29 is 0 Å². The number of nitrogens with one attached hydrogen (secondary N) is 1. The molecule has 1 aromatic heterocycles. The van der Waals surface area contributed by atoms with Crippen LogP contribution in [0.3, 0.4) is 0 Å². The Morgan fingerprint density at radius 2 is 1.79 bits per heavy atom. The molecule has 19 heavy (non-hydrogen) atoms. The summed E-state index contributed by atoms with van der Waals surface area (Å²) < 4.78 is 0. The highest BCUT2D eigenvalue weighted by Gasteiger charge is 2.31. The zero-order valence-electron chi connectivity index (χ0n) is 12.9. The van der Waals surface area contributed by atoms with E-state index in [4.69, 9.17) is 0 Å². The van der Waals surface area contributed by atoms with Crippen molar-refractivity contribution in [2.45, 2.75) is 65.3 Å². The van der Waals surface area contributed by atoms with Crippen LogP contribution in [0.25, 0.3) is 0 Å². The Labute approximate surface area is 121 Å². The van der Waals surface area contributed by atoms with E-state index in [2.05, 4.69) is 43.2 Å². The largest absolute Gasteiger partial charge is 0.311 e. The predicted molar refractivity (Wildman–Crippen MR) is 81.5 cm³/mol. The Hall–Kier alpha value is -0.480. The molecule has 1 aromatic rings. The van der Waals surface area contributed by atoms with E-state index in [9.17, 15) is 0 Å². The summed E-state index contributed by atoms with van der Waals surface area (Å²) in [6.45, 7) is 9.25. The molecule has 3 nitrogen and oxygen atoms in total. The van der Waals surface area contributed by atoms with Gasteiger partial charge in [0, 0.05) is 5.92 Å². The SMILES string of the molecule is CNC(C)c1nnc(C2CCC(C(C)(C)C)CC2)s1. The molecule has 1 unspecified atom stereocenters. The molecule has 1 saturated carbocycles. The average Bonchev–Trinajstić information content (AvgIpc) is 2.86. The smallest absolute Gasteiger partial charge is 0.134 e. The molecule has 0 amide bonds. The molecule has 0 aromatic carbocycles. The third-order valence-corrected chi connectivity index (χ3v) is 5.83. The molecule has 4 heteroatoms. The number of hydrogen-bond donors (Lipinski definition) is 1. The molecule has 1 fully saturated rings. The molecular weight excluding hydrogens is 254 g/mol. The van der Waals surface area contributed by atoms with Gasteiger partial charge in [0.25, 0.3) is 0 Å². The molecule has 1 aliphatic rings. The maximum Gasteiger partial charge on any atom is 0.134 e. The fraction of sp³-hybridized carbons (Fsp3) is 0.867. The van der Waals surface area contributed by atoms with Gasteiger partial charge >= 0.3 is 0 Å². The Kier molecular flexibility index (Phi) is 4.62. The highest BCUT2D eigenvalue weighted by Crippen LogP contribution is 2.43. The molecule has 1 atom stereocenters. The molecular formula is C15H27N3S. The first-order valence-electron chi connectivity index (χ1n) is 7.42. The second kappa shape index (κ2) is 5.88. The highest BCUT2D eigenvalue weighted by atomic mass is 32.1. The van der Waals surface area contributed by atoms with Gasteiger partial charge in [-0.2, -0.15) is 0 Å². The van der Waals surface area contributed by atoms with E-state index < -0.39 is 0 Å². The Morgan fingerprint density at radius 3 is 2.32 bits per heavy atom. The fourth-order valence-corrected chi connectivity index (χ4v) is 3.99. The van der Waals surface area contributed by atoms with Crippen molar-refractivity contribution in [2.24, 2.45) is 11.3 Å². The van der Waals surface area contributed by atoms with Crippen molar-refractivity contribution in [1.29, 1.82) is 0 Å². The second-order valence-corrected chi connectivity index (χ2v) is 7.94. The van der Waals surface area contributed by atoms with Crippen LogP contribution in [-0.4, -0.2) is 17.2 Å². The first-order valence-corrected chi connectivity index (χ1v) is 8.24. The molecule has 0 spiro atoms. The second-order valence-electron chi connectivity index (χ2n) is 6.90. The van der Waals surface area contributed by atoms with E-state index in [0.29, 0.717) is 17.4 Å². The minimum atomic E-state index is 0.317. The molecule has 0 radical (unpaired) electrons. The van der Waals surface area contributed by atoms with E-state index in [1.54, 1.807) is 11.3 Å². The van der Waals surface area contributed by atoms with Gasteiger partial charge in [0.15, 0.2) is 0 Å². The zero-order chi connectivity index (χ0) is 14.0. The molecule has 1 N–H and O–H groups in total. The normalized spacial score (nSPS) is 26.4. The van der Waals surface area contributed by atoms with Gasteiger partial charge < -0.3 is 5.32 Å². The lowest BCUT2D eigenvalue weighted by atomic mass is 9.70. The van der Waals surface area contributed by atoms with Gasteiger partial charge in [-0.25, -0.2) is 0 Å². The van der Waals surface area contributed by atoms with Crippen molar-refractivity contribution in [2.75, 3.05) is 7.05 Å². The van der Waals surface area contributed by atoms with Crippen LogP contribution in [0.5, 0.6) is 0 Å². The van der Waals surface area contributed by atoms with Crippen molar-refractivity contribution in [3.63, 3.8) is 0 Å². The van der Waals surface area contributed by atoms with Crippen molar-refractivity contribution in [3.8, 4) is 0 Å². The molecule has 2 rings (SSSR count). The topological polar surface area (TPSA) is 37.8 Å². The highest BCUT2D eigenvalue weighted by molar-refractivity contribution is 7.11. The molecule has 1 aliphatic carbocycles. The number of nitrogens with zero attached hydrogens (tertiary/aromatic N) is 2. The summed E-state index contributed by atoms with van der Waals surface area (Å²) in [7, 11) is 1.97. The summed E-state index contributed by atoms with van der Waals surface area (Å²) in [5.41, 5.74) is 0.456. The quantitative estimate of drug-likeness (QED) is 0.905. The van der Waals surface area contributed by atoms with E-state index in [0.717, 1.165) is 10.9 Å². The minimum Gasteiger partial charge on any atom is -0.311 e. The van der Waals surface area contributed by atoms with Crippen LogP contribution in [0.15, 0.2) is 0 Å². The Bertz CT molecular complexity index is 400. The summed E-state index contributed by atoms with van der Waals surface area (Å²) in [4.78, 5) is 0. The van der Waals surface area contributed by atoms with Gasteiger partial charge in [0.1, 0.15) is 10.0 Å². The molecule has 0 aliphatic heterocycles. The van der Waals surface area contributed by atoms with Gasteiger partial charge in [-0.1, -0.05) is 32.1 Å². The maximum atomic E-state index is 4.42. The third-order valence-electron chi connectivity index (χ3n) is 4.56. The number of hydrogen-bond acceptors (Lipinski definition) is 4. The van der Waals surface area contributed by atoms with Crippen LogP contribution in [-0.2, 0) is 0 Å². The summed E-state index contributed by atoms with van der Waals surface area (Å²) in [5, 5.41) is 14.4. The molecule has 1 heterocycles. The zero-order valence-corrected chi connectivity index (χ0v) is 13.7. The summed E-state index contributed by atoms with van der Waals surface area (Å²) >= 11 is 1.80. The van der Waals surface area contributed by atoms with E-state index in [1.165, 1.54) is 30.7 Å². The number of aromatic nitrogens is 2. The van der Waals surface area contributed by atoms with Crippen LogP contribution < -0.4 is 5.32 Å². The summed E-state index contributed by atoms with van der Waals surface area (Å²) in [6.07, 6.45) is 5.24. The fourth-order valence-electron chi connectivity index (χ4n) is 2.92. The first-order chi connectivity index (χ1) is 8.91. The van der Waals surface area contributed by atoms with E-state index in [-0.39, 0.29) is 0 Å². The standard InChI is InChI=1S/C15H27N3S/c1-10(16-5)13-17-18-14(19-13)11-6-8-12(9-7-11)15(2,3)4/h10-12,16H,6-9H2,1-5H3. The number of rotatable bonds is 3. The van der Waals surface area contributed by atoms with Crippen molar-refractivity contribution in [1.82, 2.24) is 15.5 Å². The maximum absolute atomic E-state index is 4.42. The third kappa shape index (κ3) is 3.54. The van der Waals surface area contributed by atoms with Crippen LogP contribution in [0, 0.1) is 11.3 Å². The van der Waals surface area contributed by atoms with Crippen LogP contribution >= 0.6 is 11.3 Å². The van der Waals surface area contributed by atoms with Crippen molar-refractivity contribution in [3.05, 3.63) is 10.0 Å². The van der Waals surface area contributed by atoms with Gasteiger partial charge in [-0.05, 0) is 51.0 Å². The van der Waals surface area contributed by atoms with Gasteiger partial charge in [-0.3, -0.25) is 0 Å². The van der Waals surface area contributed by atoms with Crippen molar-refractivity contribution >= 4 is 11.3 Å². The van der Waals surface area contributed by atoms with Crippen LogP contribution in [0.1, 0.15) is 75.4 Å². The molecule has 0 bridgehead atoms. The van der Waals surface area contributed by atoms with Gasteiger partial charge in [0.2, 0.25) is 0 Å². The lowest BCUT2D eigenvalue weighted by molar-refractivity contribution is 0.169. The predicted octanol–water partition coefficient (Wildman–Crippen LogP) is 4.14. The van der Waals surface area contributed by atoms with Crippen LogP contribution in [0.2, 0.25) is 0 Å². The molecule has 0 saturated heterocycles.